The van der Waals surface area contributed by atoms with Crippen LogP contribution in [0.5, 0.6) is 0 Å². The predicted molar refractivity (Wildman–Crippen MR) is 142 cm³/mol. The highest BCUT2D eigenvalue weighted by atomic mass is 35.5. The fourth-order valence-corrected chi connectivity index (χ4v) is 5.98. The maximum atomic E-state index is 13.5. The minimum absolute atomic E-state index is 0. The first kappa shape index (κ1) is 29.9. The van der Waals surface area contributed by atoms with Gasteiger partial charge in [0.15, 0.2) is 0 Å². The maximum Gasteiger partial charge on any atom is 0.242 e. The van der Waals surface area contributed by atoms with Crippen molar-refractivity contribution in [1.29, 1.82) is 0 Å². The Labute approximate surface area is 220 Å². The van der Waals surface area contributed by atoms with Gasteiger partial charge in [-0.05, 0) is 56.1 Å². The summed E-state index contributed by atoms with van der Waals surface area (Å²) in [6, 6.07) is 6.51. The van der Waals surface area contributed by atoms with E-state index in [2.05, 4.69) is 20.0 Å². The van der Waals surface area contributed by atoms with E-state index in [-0.39, 0.29) is 35.0 Å². The molecule has 12 heteroatoms. The number of carbonyl (C=O) groups excluding carboxylic acids is 2. The van der Waals surface area contributed by atoms with E-state index in [1.807, 2.05) is 13.8 Å². The molecule has 2 fully saturated rings. The standard InChI is InChI=1S/C24H38N6O4S.ClH/c1-18(2)15-21(28-35(33,34)20-7-4-3-5-8-20)24(32)30-12-6-9-22(30)23(31)26-16-19-10-13-29(14-11-19)17-27-25;/h3-5,7-8,17-19,21-22,28H,6,9-16,25H2,1-2H3,(H,26,31);1H/t21?,22-;/m0./s1. The number of nitrogens with two attached hydrogens (primary N) is 1. The fourth-order valence-electron chi connectivity index (χ4n) is 4.76. The van der Waals surface area contributed by atoms with Gasteiger partial charge < -0.3 is 21.0 Å². The molecule has 1 aromatic carbocycles. The van der Waals surface area contributed by atoms with Gasteiger partial charge in [0.1, 0.15) is 18.4 Å². The van der Waals surface area contributed by atoms with Crippen LogP contribution in [0.4, 0.5) is 0 Å². The van der Waals surface area contributed by atoms with Crippen LogP contribution in [0.3, 0.4) is 0 Å². The molecule has 202 valence electrons. The molecule has 4 N–H and O–H groups in total. The van der Waals surface area contributed by atoms with E-state index in [4.69, 9.17) is 5.84 Å². The van der Waals surface area contributed by atoms with Crippen LogP contribution in [0, 0.1) is 11.8 Å². The number of nitrogens with one attached hydrogen (secondary N) is 2. The number of rotatable bonds is 10. The van der Waals surface area contributed by atoms with Gasteiger partial charge in [0.2, 0.25) is 21.8 Å². The topological polar surface area (TPSA) is 137 Å². The van der Waals surface area contributed by atoms with Crippen LogP contribution in [0.2, 0.25) is 0 Å². The molecule has 1 aromatic rings. The van der Waals surface area contributed by atoms with Gasteiger partial charge in [0, 0.05) is 26.2 Å². The lowest BCUT2D eigenvalue weighted by molar-refractivity contribution is -0.140. The summed E-state index contributed by atoms with van der Waals surface area (Å²) in [6.07, 6.45) is 5.12. The van der Waals surface area contributed by atoms with E-state index in [0.717, 1.165) is 25.9 Å². The van der Waals surface area contributed by atoms with Crippen molar-refractivity contribution < 1.29 is 18.0 Å². The zero-order valence-electron chi connectivity index (χ0n) is 21.0. The second-order valence-corrected chi connectivity index (χ2v) is 11.5. The van der Waals surface area contributed by atoms with E-state index in [9.17, 15) is 18.0 Å². The first-order valence-electron chi connectivity index (χ1n) is 12.3. The van der Waals surface area contributed by atoms with Crippen LogP contribution in [0.25, 0.3) is 0 Å². The van der Waals surface area contributed by atoms with Crippen molar-refractivity contribution in [3.8, 4) is 0 Å². The Kier molecular flexibility index (Phi) is 11.4. The Morgan fingerprint density at radius 3 is 2.42 bits per heavy atom. The van der Waals surface area contributed by atoms with Crippen LogP contribution >= 0.6 is 12.4 Å². The molecule has 2 amide bonds. The van der Waals surface area contributed by atoms with Crippen molar-refractivity contribution in [2.45, 2.75) is 62.9 Å². The van der Waals surface area contributed by atoms with E-state index in [1.165, 1.54) is 12.1 Å². The number of likely N-dealkylation sites (tertiary alicyclic amines) is 2. The summed E-state index contributed by atoms with van der Waals surface area (Å²) in [5.41, 5.74) is 0. The predicted octanol–water partition coefficient (Wildman–Crippen LogP) is 1.52. The van der Waals surface area contributed by atoms with Gasteiger partial charge in [-0.25, -0.2) is 8.42 Å². The lowest BCUT2D eigenvalue weighted by atomic mass is 9.97. The molecule has 2 aliphatic rings. The third-order valence-corrected chi connectivity index (χ3v) is 8.13. The molecule has 1 unspecified atom stereocenters. The molecule has 10 nitrogen and oxygen atoms in total. The monoisotopic (exact) mass is 542 g/mol. The third-order valence-electron chi connectivity index (χ3n) is 6.64. The van der Waals surface area contributed by atoms with Gasteiger partial charge in [0.05, 0.1) is 4.90 Å². The molecule has 2 aliphatic heterocycles. The highest BCUT2D eigenvalue weighted by Gasteiger charge is 2.38. The normalized spacial score (nSPS) is 19.9. The van der Waals surface area contributed by atoms with Crippen molar-refractivity contribution in [3.63, 3.8) is 0 Å². The number of halogens is 1. The second-order valence-electron chi connectivity index (χ2n) is 9.80. The summed E-state index contributed by atoms with van der Waals surface area (Å²) >= 11 is 0. The van der Waals surface area contributed by atoms with Crippen molar-refractivity contribution in [2.24, 2.45) is 22.8 Å². The minimum Gasteiger partial charge on any atom is -0.361 e. The van der Waals surface area contributed by atoms with E-state index in [0.29, 0.717) is 38.3 Å². The first-order valence-corrected chi connectivity index (χ1v) is 13.8. The zero-order chi connectivity index (χ0) is 25.4. The number of hydrazone groups is 1. The largest absolute Gasteiger partial charge is 0.361 e. The number of piperidine rings is 1. The van der Waals surface area contributed by atoms with E-state index < -0.39 is 22.1 Å². The molecule has 2 heterocycles. The van der Waals surface area contributed by atoms with E-state index in [1.54, 1.807) is 29.4 Å². The Balaban J connectivity index is 0.00000456. The number of benzene rings is 1. The molecule has 0 saturated carbocycles. The molecule has 0 aliphatic carbocycles. The van der Waals surface area contributed by atoms with Gasteiger partial charge in [0.25, 0.3) is 0 Å². The Morgan fingerprint density at radius 2 is 1.81 bits per heavy atom. The lowest BCUT2D eigenvalue weighted by Gasteiger charge is -2.32. The summed E-state index contributed by atoms with van der Waals surface area (Å²) in [5, 5.41) is 6.59. The summed E-state index contributed by atoms with van der Waals surface area (Å²) < 4.78 is 28.4. The number of sulfonamides is 1. The van der Waals surface area contributed by atoms with Gasteiger partial charge >= 0.3 is 0 Å². The fraction of sp³-hybridized carbons (Fsp3) is 0.625. The van der Waals surface area contributed by atoms with Crippen LogP contribution in [0.1, 0.15) is 46.0 Å². The molecule has 36 heavy (non-hydrogen) atoms. The van der Waals surface area contributed by atoms with E-state index >= 15 is 0 Å². The number of amides is 2. The molecule has 0 radical (unpaired) electrons. The summed E-state index contributed by atoms with van der Waals surface area (Å²) in [5.74, 6) is 5.15. The van der Waals surface area contributed by atoms with Crippen LogP contribution < -0.4 is 15.9 Å². The van der Waals surface area contributed by atoms with Gasteiger partial charge in [-0.2, -0.15) is 9.82 Å². The Bertz CT molecular complexity index is 984. The summed E-state index contributed by atoms with van der Waals surface area (Å²) in [6.45, 7) is 6.56. The Morgan fingerprint density at radius 1 is 1.14 bits per heavy atom. The molecular formula is C24H39ClN6O4S. The number of nitrogens with zero attached hydrogens (tertiary/aromatic N) is 3. The number of hydrogen-bond acceptors (Lipinski definition) is 6. The summed E-state index contributed by atoms with van der Waals surface area (Å²) in [4.78, 5) is 30.2. The SMILES string of the molecule is CC(C)CC(NS(=O)(=O)c1ccccc1)C(=O)N1CCC[C@H]1C(=O)NCC1CCN(C=NN)CC1.Cl. The van der Waals surface area contributed by atoms with Crippen molar-refractivity contribution >= 4 is 40.6 Å². The van der Waals surface area contributed by atoms with Crippen molar-refractivity contribution in [3.05, 3.63) is 30.3 Å². The molecule has 0 bridgehead atoms. The van der Waals surface area contributed by atoms with Gasteiger partial charge in [-0.3, -0.25) is 9.59 Å². The van der Waals surface area contributed by atoms with Crippen LogP contribution in [-0.2, 0) is 19.6 Å². The number of carbonyl (C=O) groups is 2. The molecule has 3 rings (SSSR count). The molecule has 2 atom stereocenters. The van der Waals surface area contributed by atoms with Crippen molar-refractivity contribution in [1.82, 2.24) is 19.8 Å². The lowest BCUT2D eigenvalue weighted by Crippen LogP contribution is -2.54. The first-order chi connectivity index (χ1) is 16.7. The van der Waals surface area contributed by atoms with Gasteiger partial charge in [-0.1, -0.05) is 32.0 Å². The summed E-state index contributed by atoms with van der Waals surface area (Å²) in [7, 11) is -3.87. The molecule has 0 aromatic heterocycles. The van der Waals surface area contributed by atoms with Crippen molar-refractivity contribution in [2.75, 3.05) is 26.2 Å². The van der Waals surface area contributed by atoms with Crippen LogP contribution in [0.15, 0.2) is 40.3 Å². The quantitative estimate of drug-likeness (QED) is 0.177. The third kappa shape index (κ3) is 8.07. The molecule has 0 spiro atoms. The highest BCUT2D eigenvalue weighted by Crippen LogP contribution is 2.22. The molecule has 2 saturated heterocycles. The average Bonchev–Trinajstić information content (AvgIpc) is 3.33. The minimum atomic E-state index is -3.87. The zero-order valence-corrected chi connectivity index (χ0v) is 22.6. The smallest absolute Gasteiger partial charge is 0.242 e. The van der Waals surface area contributed by atoms with Gasteiger partial charge in [-0.15, -0.1) is 12.4 Å². The molecular weight excluding hydrogens is 504 g/mol. The maximum absolute atomic E-state index is 13.5. The average molecular weight is 543 g/mol. The number of hydrogen-bond donors (Lipinski definition) is 3. The van der Waals surface area contributed by atoms with Crippen LogP contribution in [-0.4, -0.2) is 74.6 Å². The Hall–Kier alpha value is -2.37. The second kappa shape index (κ2) is 13.8. The highest BCUT2D eigenvalue weighted by molar-refractivity contribution is 7.89.